The molecule has 0 saturated carbocycles. The van der Waals surface area contributed by atoms with Crippen LogP contribution < -0.4 is 4.90 Å². The summed E-state index contributed by atoms with van der Waals surface area (Å²) < 4.78 is 5.12. The zero-order valence-corrected chi connectivity index (χ0v) is 15.1. The monoisotopic (exact) mass is 353 g/mol. The van der Waals surface area contributed by atoms with Crippen LogP contribution >= 0.6 is 0 Å². The average Bonchev–Trinajstić information content (AvgIpc) is 2.67. The molecule has 0 radical (unpaired) electrons. The summed E-state index contributed by atoms with van der Waals surface area (Å²) in [6.45, 7) is 9.07. The van der Waals surface area contributed by atoms with Gasteiger partial charge in [0.25, 0.3) is 0 Å². The van der Waals surface area contributed by atoms with E-state index in [9.17, 15) is 14.7 Å². The van der Waals surface area contributed by atoms with E-state index in [4.69, 9.17) is 4.74 Å². The number of Topliss-reactive ketones (excluding diaryl/α,β-unsaturated/α-hetero) is 1. The largest absolute Gasteiger partial charge is 0.507 e. The van der Waals surface area contributed by atoms with Crippen LogP contribution in [-0.2, 0) is 4.74 Å². The first-order chi connectivity index (χ1) is 12.5. The molecule has 0 aliphatic heterocycles. The molecule has 0 bridgehead atoms. The van der Waals surface area contributed by atoms with Crippen molar-refractivity contribution in [1.29, 1.82) is 0 Å². The van der Waals surface area contributed by atoms with Crippen LogP contribution in [-0.4, -0.2) is 36.6 Å². The number of aromatic hydroxyl groups is 1. The molecule has 5 heteroatoms. The second-order valence-electron chi connectivity index (χ2n) is 5.75. The molecule has 0 aliphatic rings. The molecule has 0 aromatic heterocycles. The zero-order chi connectivity index (χ0) is 19.1. The maximum absolute atomic E-state index is 12.5. The fourth-order valence-electron chi connectivity index (χ4n) is 2.56. The van der Waals surface area contributed by atoms with E-state index in [1.54, 1.807) is 48.5 Å². The lowest BCUT2D eigenvalue weighted by molar-refractivity contribution is 0.0537. The molecule has 0 spiro atoms. The highest BCUT2D eigenvalue weighted by Gasteiger charge is 2.17. The number of ketones is 1. The summed E-state index contributed by atoms with van der Waals surface area (Å²) in [4.78, 5) is 26.5. The lowest BCUT2D eigenvalue weighted by atomic mass is 10.0. The van der Waals surface area contributed by atoms with Crippen LogP contribution in [0, 0.1) is 0 Å². The smallest absolute Gasteiger partial charge is 0.338 e. The predicted octanol–water partition coefficient (Wildman–Crippen LogP) is 3.83. The number of anilines is 1. The van der Waals surface area contributed by atoms with Gasteiger partial charge in [0, 0.05) is 30.4 Å². The van der Waals surface area contributed by atoms with E-state index in [2.05, 4.69) is 11.5 Å². The molecule has 2 rings (SSSR count). The molecule has 1 N–H and O–H groups in total. The van der Waals surface area contributed by atoms with Crippen LogP contribution in [0.5, 0.6) is 5.75 Å². The maximum Gasteiger partial charge on any atom is 0.338 e. The van der Waals surface area contributed by atoms with Crippen molar-refractivity contribution >= 4 is 17.4 Å². The first kappa shape index (κ1) is 19.2. The Morgan fingerprint density at radius 1 is 1.08 bits per heavy atom. The number of carbonyl (C=O) groups excluding carboxylic acids is 2. The van der Waals surface area contributed by atoms with Gasteiger partial charge in [-0.2, -0.15) is 0 Å². The van der Waals surface area contributed by atoms with Crippen LogP contribution in [0.25, 0.3) is 0 Å². The van der Waals surface area contributed by atoms with Gasteiger partial charge in [0.05, 0.1) is 11.1 Å². The van der Waals surface area contributed by atoms with Gasteiger partial charge in [-0.15, -0.1) is 0 Å². The van der Waals surface area contributed by atoms with Crippen molar-refractivity contribution in [3.63, 3.8) is 0 Å². The number of hydrogen-bond acceptors (Lipinski definition) is 5. The number of hydrogen-bond donors (Lipinski definition) is 1. The highest BCUT2D eigenvalue weighted by molar-refractivity contribution is 6.10. The Morgan fingerprint density at radius 2 is 1.73 bits per heavy atom. The Kier molecular flexibility index (Phi) is 6.55. The van der Waals surface area contributed by atoms with Crippen LogP contribution in [0.1, 0.15) is 34.6 Å². The van der Waals surface area contributed by atoms with Gasteiger partial charge < -0.3 is 14.7 Å². The highest BCUT2D eigenvalue weighted by Crippen LogP contribution is 2.26. The third-order valence-corrected chi connectivity index (χ3v) is 4.06. The molecular formula is C21H23NO4. The summed E-state index contributed by atoms with van der Waals surface area (Å²) >= 11 is 0. The molecule has 26 heavy (non-hydrogen) atoms. The highest BCUT2D eigenvalue weighted by atomic mass is 16.5. The number of nitrogens with zero attached hydrogens (tertiary/aromatic N) is 1. The Balaban J connectivity index is 2.04. The van der Waals surface area contributed by atoms with Crippen molar-refractivity contribution < 1.29 is 19.4 Å². The second kappa shape index (κ2) is 8.85. The van der Waals surface area contributed by atoms with E-state index >= 15 is 0 Å². The molecule has 0 fully saturated rings. The number of rotatable bonds is 8. The van der Waals surface area contributed by atoms with E-state index in [0.29, 0.717) is 5.56 Å². The number of esters is 1. The van der Waals surface area contributed by atoms with Crippen LogP contribution in [0.4, 0.5) is 5.69 Å². The van der Waals surface area contributed by atoms with Crippen molar-refractivity contribution in [1.82, 2.24) is 0 Å². The molecule has 0 aliphatic carbocycles. The van der Waals surface area contributed by atoms with Crippen molar-refractivity contribution in [2.75, 3.05) is 24.6 Å². The van der Waals surface area contributed by atoms with E-state index < -0.39 is 11.8 Å². The minimum Gasteiger partial charge on any atom is -0.507 e. The molecule has 0 atom stereocenters. The number of benzene rings is 2. The first-order valence-corrected chi connectivity index (χ1v) is 8.50. The number of ether oxygens (including phenoxy) is 1. The molecule has 0 amide bonds. The fourth-order valence-corrected chi connectivity index (χ4v) is 2.56. The van der Waals surface area contributed by atoms with Crippen molar-refractivity contribution in [3.8, 4) is 5.75 Å². The van der Waals surface area contributed by atoms with Gasteiger partial charge in [-0.25, -0.2) is 4.79 Å². The molecule has 0 unspecified atom stereocenters. The van der Waals surface area contributed by atoms with Crippen LogP contribution in [0.3, 0.4) is 0 Å². The Hall–Kier alpha value is -3.08. The summed E-state index contributed by atoms with van der Waals surface area (Å²) in [5, 5.41) is 10.2. The van der Waals surface area contributed by atoms with Gasteiger partial charge in [-0.1, -0.05) is 24.8 Å². The summed E-state index contributed by atoms with van der Waals surface area (Å²) in [5.74, 6) is -1.09. The third-order valence-electron chi connectivity index (χ3n) is 4.06. The van der Waals surface area contributed by atoms with Gasteiger partial charge in [0.15, 0.2) is 5.78 Å². The van der Waals surface area contributed by atoms with Gasteiger partial charge in [-0.3, -0.25) is 4.79 Å². The number of carbonyl (C=O) groups is 2. The lowest BCUT2D eigenvalue weighted by Gasteiger charge is -2.21. The molecule has 0 saturated heterocycles. The average molecular weight is 353 g/mol. The predicted molar refractivity (Wildman–Crippen MR) is 102 cm³/mol. The van der Waals surface area contributed by atoms with Gasteiger partial charge >= 0.3 is 5.97 Å². The molecule has 2 aromatic carbocycles. The van der Waals surface area contributed by atoms with Crippen LogP contribution in [0.2, 0.25) is 0 Å². The van der Waals surface area contributed by atoms with Crippen molar-refractivity contribution in [2.24, 2.45) is 0 Å². The van der Waals surface area contributed by atoms with Crippen LogP contribution in [0.15, 0.2) is 60.7 Å². The zero-order valence-electron chi connectivity index (χ0n) is 15.1. The van der Waals surface area contributed by atoms with Gasteiger partial charge in [0.2, 0.25) is 0 Å². The lowest BCUT2D eigenvalue weighted by Crippen LogP contribution is -2.21. The topological polar surface area (TPSA) is 66.8 Å². The fraction of sp³-hybridized carbons (Fsp3) is 0.238. The minimum atomic E-state index is -0.527. The molecule has 2 aromatic rings. The first-order valence-electron chi connectivity index (χ1n) is 8.50. The third kappa shape index (κ3) is 4.51. The minimum absolute atomic E-state index is 0.0974. The molecule has 136 valence electrons. The molecule has 0 heterocycles. The van der Waals surface area contributed by atoms with E-state index in [1.165, 1.54) is 0 Å². The SMILES string of the molecule is C=C(COC(=O)c1ccccc1)C(=O)c1ccc(N(CC)CC)cc1O. The van der Waals surface area contributed by atoms with E-state index in [1.807, 2.05) is 13.8 Å². The Morgan fingerprint density at radius 3 is 2.31 bits per heavy atom. The summed E-state index contributed by atoms with van der Waals surface area (Å²) in [6, 6.07) is 13.4. The second-order valence-corrected chi connectivity index (χ2v) is 5.75. The summed E-state index contributed by atoms with van der Waals surface area (Å²) in [7, 11) is 0. The number of phenols is 1. The van der Waals surface area contributed by atoms with E-state index in [-0.39, 0.29) is 23.5 Å². The van der Waals surface area contributed by atoms with E-state index in [0.717, 1.165) is 18.8 Å². The van der Waals surface area contributed by atoms with Crippen molar-refractivity contribution in [2.45, 2.75) is 13.8 Å². The standard InChI is InChI=1S/C21H23NO4/c1-4-22(5-2)17-11-12-18(19(23)13-17)20(24)15(3)14-26-21(25)16-9-7-6-8-10-16/h6-13,23H,3-5,14H2,1-2H3. The Bertz CT molecular complexity index is 795. The van der Waals surface area contributed by atoms with Gasteiger partial charge in [0.1, 0.15) is 12.4 Å². The normalized spacial score (nSPS) is 10.2. The Labute approximate surface area is 153 Å². The van der Waals surface area contributed by atoms with Crippen molar-refractivity contribution in [3.05, 3.63) is 71.8 Å². The quantitative estimate of drug-likeness (QED) is 0.444. The number of phenolic OH excluding ortho intramolecular Hbond substituents is 1. The molecule has 5 nitrogen and oxygen atoms in total. The maximum atomic E-state index is 12.5. The summed E-state index contributed by atoms with van der Waals surface area (Å²) in [6.07, 6.45) is 0. The molecular weight excluding hydrogens is 330 g/mol. The summed E-state index contributed by atoms with van der Waals surface area (Å²) in [5.41, 5.74) is 1.48. The van der Waals surface area contributed by atoms with Gasteiger partial charge in [-0.05, 0) is 38.1 Å².